The molecule has 38 heavy (non-hydrogen) atoms. The highest BCUT2D eigenvalue weighted by molar-refractivity contribution is 6.41. The normalized spacial score (nSPS) is 12.4. The van der Waals surface area contributed by atoms with Crippen LogP contribution in [0.15, 0.2) is 88.7 Å². The zero-order chi connectivity index (χ0) is 27.1. The fourth-order valence-electron chi connectivity index (χ4n) is 3.54. The highest BCUT2D eigenvalue weighted by Crippen LogP contribution is 2.31. The fourth-order valence-corrected chi connectivity index (χ4v) is 3.95. The summed E-state index contributed by atoms with van der Waals surface area (Å²) in [7, 11) is 0. The Morgan fingerprint density at radius 1 is 0.895 bits per heavy atom. The van der Waals surface area contributed by atoms with Crippen LogP contribution >= 0.6 is 23.2 Å². The maximum atomic E-state index is 12.4. The van der Waals surface area contributed by atoms with Crippen molar-refractivity contribution in [1.82, 2.24) is 15.0 Å². The van der Waals surface area contributed by atoms with Gasteiger partial charge in [-0.05, 0) is 74.5 Å². The van der Waals surface area contributed by atoms with Crippen molar-refractivity contribution in [2.24, 2.45) is 0 Å². The summed E-state index contributed by atoms with van der Waals surface area (Å²) in [5.41, 5.74) is 1.65. The fraction of sp³-hybridized carbons (Fsp3) is 0.154. The summed E-state index contributed by atoms with van der Waals surface area (Å²) in [6.45, 7) is 4.80. The molecule has 0 unspecified atom stereocenters. The first-order valence-electron chi connectivity index (χ1n) is 11.7. The molecule has 0 atom stereocenters. The number of nitro groups is 1. The Kier molecular flexibility index (Phi) is 8.67. The summed E-state index contributed by atoms with van der Waals surface area (Å²) in [5.74, 6) is 1.28. The second kappa shape index (κ2) is 12.3. The third-order valence-corrected chi connectivity index (χ3v) is 5.97. The number of nitrogens with one attached hydrogen (secondary N) is 2. The monoisotopic (exact) mass is 554 g/mol. The first-order valence-corrected chi connectivity index (χ1v) is 12.4. The number of allylic oxidation sites excluding steroid dienone is 1. The molecule has 12 heteroatoms. The van der Waals surface area contributed by atoms with Crippen LogP contribution in [-0.2, 0) is 0 Å². The van der Waals surface area contributed by atoms with Gasteiger partial charge in [-0.2, -0.15) is 4.68 Å². The van der Waals surface area contributed by atoms with E-state index in [4.69, 9.17) is 32.7 Å². The number of halogens is 2. The van der Waals surface area contributed by atoms with Gasteiger partial charge in [0, 0.05) is 11.4 Å². The lowest BCUT2D eigenvalue weighted by Gasteiger charge is -2.14. The Hall–Kier alpha value is -4.28. The molecule has 2 N–H and O–H groups in total. The third-order valence-electron chi connectivity index (χ3n) is 5.22. The molecule has 0 aliphatic carbocycles. The topological polar surface area (TPSA) is 116 Å². The summed E-state index contributed by atoms with van der Waals surface area (Å²) >= 11 is 13.0. The van der Waals surface area contributed by atoms with Crippen LogP contribution in [0.5, 0.6) is 11.5 Å². The average Bonchev–Trinajstić information content (AvgIpc) is 3.34. The van der Waals surface area contributed by atoms with Gasteiger partial charge in [-0.3, -0.25) is 10.1 Å². The molecule has 0 saturated carbocycles. The zero-order valence-electron chi connectivity index (χ0n) is 20.5. The molecule has 0 amide bonds. The van der Waals surface area contributed by atoms with E-state index in [1.54, 1.807) is 72.8 Å². The number of para-hydroxylation sites is 1. The van der Waals surface area contributed by atoms with E-state index in [0.717, 1.165) is 0 Å². The van der Waals surface area contributed by atoms with Gasteiger partial charge < -0.3 is 20.1 Å². The quantitative estimate of drug-likeness (QED) is 0.0932. The summed E-state index contributed by atoms with van der Waals surface area (Å²) in [5, 5.41) is 26.2. The molecule has 10 nitrogen and oxygen atoms in total. The van der Waals surface area contributed by atoms with Crippen LogP contribution in [0, 0.1) is 10.1 Å². The maximum absolute atomic E-state index is 12.4. The molecule has 4 aromatic rings. The molecule has 0 saturated heterocycles. The number of anilines is 2. The van der Waals surface area contributed by atoms with E-state index in [-0.39, 0.29) is 16.0 Å². The molecule has 0 fully saturated rings. The highest BCUT2D eigenvalue weighted by Gasteiger charge is 2.29. The maximum Gasteiger partial charge on any atom is 0.333 e. The Balaban J connectivity index is 1.81. The van der Waals surface area contributed by atoms with E-state index in [1.165, 1.54) is 4.68 Å². The molecule has 0 bridgehead atoms. The lowest BCUT2D eigenvalue weighted by Crippen LogP contribution is -2.17. The molecule has 0 aliphatic heterocycles. The second-order valence-corrected chi connectivity index (χ2v) is 8.49. The summed E-state index contributed by atoms with van der Waals surface area (Å²) in [4.78, 5) is 11.8. The van der Waals surface area contributed by atoms with E-state index >= 15 is 0 Å². The number of rotatable bonds is 11. The van der Waals surface area contributed by atoms with Gasteiger partial charge in [-0.1, -0.05) is 40.5 Å². The van der Waals surface area contributed by atoms with E-state index in [9.17, 15) is 10.1 Å². The van der Waals surface area contributed by atoms with Crippen LogP contribution in [0.4, 0.5) is 11.4 Å². The van der Waals surface area contributed by atoms with E-state index in [0.29, 0.717) is 47.1 Å². The van der Waals surface area contributed by atoms with Crippen molar-refractivity contribution in [3.8, 4) is 11.5 Å². The number of nitrogens with zero attached hydrogens (tertiary/aromatic N) is 4. The molecular formula is C26H24Cl2N6O4. The SMILES string of the molecule is CCOc1ccc(N/C(Cl)=C(Cl)\C(=C(\Nc2ccc(OCC)cc2)n2nnc3ccccc32)[N+](=O)[O-])cc1. The number of ether oxygens (including phenoxy) is 2. The number of benzene rings is 3. The smallest absolute Gasteiger partial charge is 0.333 e. The molecule has 3 aromatic carbocycles. The molecule has 1 heterocycles. The van der Waals surface area contributed by atoms with Gasteiger partial charge in [0.25, 0.3) is 0 Å². The molecule has 0 aliphatic rings. The van der Waals surface area contributed by atoms with Crippen molar-refractivity contribution in [2.75, 3.05) is 23.8 Å². The number of aromatic nitrogens is 3. The van der Waals surface area contributed by atoms with Crippen molar-refractivity contribution in [3.05, 3.63) is 98.8 Å². The largest absolute Gasteiger partial charge is 0.494 e. The second-order valence-electron chi connectivity index (χ2n) is 7.74. The lowest BCUT2D eigenvalue weighted by molar-refractivity contribution is -0.419. The Morgan fingerprint density at radius 3 is 2.00 bits per heavy atom. The van der Waals surface area contributed by atoms with Gasteiger partial charge in [0.2, 0.25) is 5.82 Å². The molecule has 196 valence electrons. The van der Waals surface area contributed by atoms with E-state index in [1.807, 2.05) is 13.8 Å². The minimum absolute atomic E-state index is 0.0514. The Morgan fingerprint density at radius 2 is 1.45 bits per heavy atom. The highest BCUT2D eigenvalue weighted by atomic mass is 35.5. The number of hydrogen-bond donors (Lipinski definition) is 2. The van der Waals surface area contributed by atoms with Crippen LogP contribution in [0.3, 0.4) is 0 Å². The van der Waals surface area contributed by atoms with Crippen LogP contribution in [0.25, 0.3) is 16.9 Å². The van der Waals surface area contributed by atoms with Gasteiger partial charge in [0.05, 0.1) is 23.7 Å². The van der Waals surface area contributed by atoms with E-state index < -0.39 is 10.6 Å². The minimum atomic E-state index is -0.627. The molecule has 0 spiro atoms. The molecular weight excluding hydrogens is 531 g/mol. The van der Waals surface area contributed by atoms with Crippen molar-refractivity contribution < 1.29 is 14.4 Å². The number of hydrogen-bond acceptors (Lipinski definition) is 8. The number of fused-ring (bicyclic) bond motifs is 1. The van der Waals surface area contributed by atoms with Gasteiger partial charge >= 0.3 is 5.70 Å². The predicted octanol–water partition coefficient (Wildman–Crippen LogP) is 6.50. The van der Waals surface area contributed by atoms with E-state index in [2.05, 4.69) is 20.9 Å². The van der Waals surface area contributed by atoms with Crippen LogP contribution in [0.1, 0.15) is 13.8 Å². The first-order chi connectivity index (χ1) is 18.4. The summed E-state index contributed by atoms with van der Waals surface area (Å²) in [6, 6.07) is 20.9. The molecule has 0 radical (unpaired) electrons. The summed E-state index contributed by atoms with van der Waals surface area (Å²) < 4.78 is 12.2. The average molecular weight is 555 g/mol. The third kappa shape index (κ3) is 6.16. The van der Waals surface area contributed by atoms with Crippen LogP contribution in [-0.4, -0.2) is 33.1 Å². The van der Waals surface area contributed by atoms with Crippen molar-refractivity contribution in [3.63, 3.8) is 0 Å². The van der Waals surface area contributed by atoms with Crippen molar-refractivity contribution >= 4 is 51.4 Å². The zero-order valence-corrected chi connectivity index (χ0v) is 22.0. The molecule has 4 rings (SSSR count). The molecule has 1 aromatic heterocycles. The lowest BCUT2D eigenvalue weighted by atomic mass is 10.2. The van der Waals surface area contributed by atoms with Crippen molar-refractivity contribution in [1.29, 1.82) is 0 Å². The minimum Gasteiger partial charge on any atom is -0.494 e. The summed E-state index contributed by atoms with van der Waals surface area (Å²) in [6.07, 6.45) is 0. The Labute approximate surface area is 228 Å². The first kappa shape index (κ1) is 26.8. The van der Waals surface area contributed by atoms with Gasteiger partial charge in [-0.25, -0.2) is 0 Å². The predicted molar refractivity (Wildman–Crippen MR) is 149 cm³/mol. The van der Waals surface area contributed by atoms with Gasteiger partial charge in [0.15, 0.2) is 5.03 Å². The standard InChI is InChI=1S/C26H24Cl2N6O4/c1-3-37-19-13-9-17(10-14-19)29-25(28)23(27)24(34(35)36)26(30-18-11-15-20(16-12-18)38-4-2)33-22-8-6-5-7-21(22)31-32-33/h5-16,29-30H,3-4H2,1-2H3/b25-23+,26-24+. The van der Waals surface area contributed by atoms with Crippen LogP contribution in [0.2, 0.25) is 0 Å². The Bertz CT molecular complexity index is 1480. The van der Waals surface area contributed by atoms with Gasteiger partial charge in [-0.15, -0.1) is 5.10 Å². The van der Waals surface area contributed by atoms with Crippen molar-refractivity contribution in [2.45, 2.75) is 13.8 Å². The van der Waals surface area contributed by atoms with Crippen LogP contribution < -0.4 is 20.1 Å². The van der Waals surface area contributed by atoms with Gasteiger partial charge in [0.1, 0.15) is 22.2 Å².